The molecule has 0 amide bonds. The van der Waals surface area contributed by atoms with E-state index in [0.29, 0.717) is 12.5 Å². The molecule has 80 valence electrons. The lowest BCUT2D eigenvalue weighted by Gasteiger charge is -2.27. The molecule has 2 N–H and O–H groups in total. The molecule has 1 aromatic heterocycles. The standard InChI is InChI=1S/C11H21N3/c1-9(2)5-10-6-13-8-14(10)11(3,4)7-12/h6,8-9H,5,7,12H2,1-4H3. The number of hydrogen-bond donors (Lipinski definition) is 1. The molecule has 1 aromatic rings. The number of nitrogens with two attached hydrogens (primary N) is 1. The van der Waals surface area contributed by atoms with Crippen molar-refractivity contribution in [3.8, 4) is 0 Å². The Morgan fingerprint density at radius 2 is 2.14 bits per heavy atom. The smallest absolute Gasteiger partial charge is 0.0953 e. The Hall–Kier alpha value is -0.830. The third-order valence-electron chi connectivity index (χ3n) is 2.48. The summed E-state index contributed by atoms with van der Waals surface area (Å²) in [4.78, 5) is 4.20. The highest BCUT2D eigenvalue weighted by Gasteiger charge is 2.20. The van der Waals surface area contributed by atoms with Gasteiger partial charge in [-0.05, 0) is 26.2 Å². The fraction of sp³-hybridized carbons (Fsp3) is 0.727. The Labute approximate surface area is 86.3 Å². The molecule has 0 bridgehead atoms. The largest absolute Gasteiger partial charge is 0.328 e. The topological polar surface area (TPSA) is 43.8 Å². The molecule has 0 fully saturated rings. The summed E-state index contributed by atoms with van der Waals surface area (Å²) in [6, 6.07) is 0. The summed E-state index contributed by atoms with van der Waals surface area (Å²) < 4.78 is 2.19. The second-order valence-corrected chi connectivity index (χ2v) is 4.87. The van der Waals surface area contributed by atoms with E-state index in [4.69, 9.17) is 5.73 Å². The minimum Gasteiger partial charge on any atom is -0.328 e. The number of imidazole rings is 1. The SMILES string of the molecule is CC(C)Cc1cncn1C(C)(C)CN. The molecule has 0 unspecified atom stereocenters. The van der Waals surface area contributed by atoms with Gasteiger partial charge in [0, 0.05) is 18.4 Å². The molecule has 0 aromatic carbocycles. The lowest BCUT2D eigenvalue weighted by molar-refractivity contribution is 0.351. The van der Waals surface area contributed by atoms with Crippen molar-refractivity contribution in [2.24, 2.45) is 11.7 Å². The Balaban J connectivity index is 2.92. The van der Waals surface area contributed by atoms with E-state index in [1.165, 1.54) is 5.69 Å². The first-order valence-corrected chi connectivity index (χ1v) is 5.19. The average Bonchev–Trinajstić information content (AvgIpc) is 2.52. The monoisotopic (exact) mass is 195 g/mol. The van der Waals surface area contributed by atoms with Gasteiger partial charge in [-0.1, -0.05) is 13.8 Å². The van der Waals surface area contributed by atoms with Crippen LogP contribution in [0, 0.1) is 5.92 Å². The fourth-order valence-corrected chi connectivity index (χ4v) is 1.54. The molecule has 0 spiro atoms. The zero-order chi connectivity index (χ0) is 10.8. The van der Waals surface area contributed by atoms with Gasteiger partial charge < -0.3 is 10.3 Å². The Morgan fingerprint density at radius 3 is 2.64 bits per heavy atom. The molecule has 3 heteroatoms. The van der Waals surface area contributed by atoms with E-state index in [2.05, 4.69) is 37.2 Å². The van der Waals surface area contributed by atoms with Crippen molar-refractivity contribution in [2.45, 2.75) is 39.7 Å². The molecule has 0 atom stereocenters. The molecular weight excluding hydrogens is 174 g/mol. The Morgan fingerprint density at radius 1 is 1.50 bits per heavy atom. The summed E-state index contributed by atoms with van der Waals surface area (Å²) in [5.74, 6) is 0.652. The highest BCUT2D eigenvalue weighted by Crippen LogP contribution is 2.18. The van der Waals surface area contributed by atoms with Gasteiger partial charge in [0.2, 0.25) is 0 Å². The van der Waals surface area contributed by atoms with Crippen molar-refractivity contribution in [2.75, 3.05) is 6.54 Å². The van der Waals surface area contributed by atoms with E-state index in [1.807, 2.05) is 12.5 Å². The summed E-state index contributed by atoms with van der Waals surface area (Å²) in [5, 5.41) is 0. The number of nitrogens with zero attached hydrogens (tertiary/aromatic N) is 2. The summed E-state index contributed by atoms with van der Waals surface area (Å²) in [6.45, 7) is 9.34. The normalized spacial score (nSPS) is 12.4. The van der Waals surface area contributed by atoms with Crippen molar-refractivity contribution in [3.63, 3.8) is 0 Å². The van der Waals surface area contributed by atoms with Gasteiger partial charge in [-0.25, -0.2) is 4.98 Å². The quantitative estimate of drug-likeness (QED) is 0.795. The predicted molar refractivity (Wildman–Crippen MR) is 59.1 cm³/mol. The van der Waals surface area contributed by atoms with Crippen LogP contribution in [0.2, 0.25) is 0 Å². The van der Waals surface area contributed by atoms with E-state index in [1.54, 1.807) is 0 Å². The van der Waals surface area contributed by atoms with Crippen molar-refractivity contribution < 1.29 is 0 Å². The van der Waals surface area contributed by atoms with E-state index >= 15 is 0 Å². The lowest BCUT2D eigenvalue weighted by atomic mass is 10.0. The third-order valence-corrected chi connectivity index (χ3v) is 2.48. The predicted octanol–water partition coefficient (Wildman–Crippen LogP) is 1.78. The maximum Gasteiger partial charge on any atom is 0.0953 e. The molecule has 1 rings (SSSR count). The van der Waals surface area contributed by atoms with Crippen molar-refractivity contribution >= 4 is 0 Å². The van der Waals surface area contributed by atoms with Gasteiger partial charge in [0.05, 0.1) is 11.9 Å². The van der Waals surface area contributed by atoms with Crippen molar-refractivity contribution in [3.05, 3.63) is 18.2 Å². The Bertz CT molecular complexity index is 286. The van der Waals surface area contributed by atoms with Gasteiger partial charge in [0.1, 0.15) is 0 Å². The van der Waals surface area contributed by atoms with E-state index in [9.17, 15) is 0 Å². The van der Waals surface area contributed by atoms with Crippen molar-refractivity contribution in [1.29, 1.82) is 0 Å². The second kappa shape index (κ2) is 4.13. The van der Waals surface area contributed by atoms with Gasteiger partial charge in [-0.2, -0.15) is 0 Å². The van der Waals surface area contributed by atoms with Crippen LogP contribution in [0.5, 0.6) is 0 Å². The van der Waals surface area contributed by atoms with Crippen LogP contribution in [0.1, 0.15) is 33.4 Å². The maximum atomic E-state index is 5.75. The molecule has 0 aliphatic rings. The summed E-state index contributed by atoms with van der Waals surface area (Å²) in [5.41, 5.74) is 7.00. The molecule has 0 saturated carbocycles. The summed E-state index contributed by atoms with van der Waals surface area (Å²) in [7, 11) is 0. The highest BCUT2D eigenvalue weighted by atomic mass is 15.1. The van der Waals surface area contributed by atoms with Crippen LogP contribution in [0.4, 0.5) is 0 Å². The van der Waals surface area contributed by atoms with Crippen LogP contribution >= 0.6 is 0 Å². The molecule has 3 nitrogen and oxygen atoms in total. The van der Waals surface area contributed by atoms with Crippen LogP contribution in [0.3, 0.4) is 0 Å². The zero-order valence-corrected chi connectivity index (χ0v) is 9.62. The summed E-state index contributed by atoms with van der Waals surface area (Å²) in [6.07, 6.45) is 4.88. The second-order valence-electron chi connectivity index (χ2n) is 4.87. The minimum atomic E-state index is -0.0271. The van der Waals surface area contributed by atoms with Gasteiger partial charge in [-0.15, -0.1) is 0 Å². The minimum absolute atomic E-state index is 0.0271. The van der Waals surface area contributed by atoms with Gasteiger partial charge >= 0.3 is 0 Å². The van der Waals surface area contributed by atoms with Crippen LogP contribution in [0.25, 0.3) is 0 Å². The first-order chi connectivity index (χ1) is 6.47. The third kappa shape index (κ3) is 2.35. The molecule has 0 aliphatic carbocycles. The number of rotatable bonds is 4. The zero-order valence-electron chi connectivity index (χ0n) is 9.62. The molecule has 1 heterocycles. The lowest BCUT2D eigenvalue weighted by Crippen LogP contribution is -2.35. The van der Waals surface area contributed by atoms with E-state index in [-0.39, 0.29) is 5.54 Å². The first kappa shape index (κ1) is 11.2. The molecule has 0 saturated heterocycles. The van der Waals surface area contributed by atoms with Crippen molar-refractivity contribution in [1.82, 2.24) is 9.55 Å². The summed E-state index contributed by atoms with van der Waals surface area (Å²) >= 11 is 0. The van der Waals surface area contributed by atoms with Gasteiger partial charge in [-0.3, -0.25) is 0 Å². The molecule has 0 radical (unpaired) electrons. The number of hydrogen-bond acceptors (Lipinski definition) is 2. The van der Waals surface area contributed by atoms with E-state index in [0.717, 1.165) is 6.42 Å². The highest BCUT2D eigenvalue weighted by molar-refractivity contribution is 5.04. The molecule has 14 heavy (non-hydrogen) atoms. The first-order valence-electron chi connectivity index (χ1n) is 5.19. The Kier molecular flexibility index (Phi) is 3.32. The van der Waals surface area contributed by atoms with Gasteiger partial charge in [0.15, 0.2) is 0 Å². The molecular formula is C11H21N3. The average molecular weight is 195 g/mol. The van der Waals surface area contributed by atoms with Gasteiger partial charge in [0.25, 0.3) is 0 Å². The van der Waals surface area contributed by atoms with Crippen LogP contribution in [0.15, 0.2) is 12.5 Å². The van der Waals surface area contributed by atoms with Crippen LogP contribution < -0.4 is 5.73 Å². The van der Waals surface area contributed by atoms with E-state index < -0.39 is 0 Å². The van der Waals surface area contributed by atoms with Crippen LogP contribution in [-0.2, 0) is 12.0 Å². The molecule has 0 aliphatic heterocycles. The fourth-order valence-electron chi connectivity index (χ4n) is 1.54. The maximum absolute atomic E-state index is 5.75. The number of aromatic nitrogens is 2. The van der Waals surface area contributed by atoms with Crippen LogP contribution in [-0.4, -0.2) is 16.1 Å².